The summed E-state index contributed by atoms with van der Waals surface area (Å²) in [5.41, 5.74) is 2.47. The number of ether oxygens (including phenoxy) is 2. The number of aromatic nitrogens is 2. The Balaban J connectivity index is 0.000000233. The van der Waals surface area contributed by atoms with Crippen molar-refractivity contribution in [1.82, 2.24) is 19.8 Å². The van der Waals surface area contributed by atoms with E-state index in [4.69, 9.17) is 32.0 Å². The molecule has 0 fully saturated rings. The highest BCUT2D eigenvalue weighted by Crippen LogP contribution is 2.56. The van der Waals surface area contributed by atoms with Gasteiger partial charge in [0.2, 0.25) is 0 Å². The Hall–Kier alpha value is -5.86. The number of amides is 2. The minimum absolute atomic E-state index is 0.00904. The van der Waals surface area contributed by atoms with Crippen LogP contribution in [0.4, 0.5) is 8.78 Å². The first-order chi connectivity index (χ1) is 37.1. The van der Waals surface area contributed by atoms with E-state index >= 15 is 0 Å². The third-order valence-electron chi connectivity index (χ3n) is 13.6. The Kier molecular flexibility index (Phi) is 19.2. The van der Waals surface area contributed by atoms with Crippen molar-refractivity contribution >= 4 is 57.1 Å². The summed E-state index contributed by atoms with van der Waals surface area (Å²) < 4.78 is 94.0. The summed E-state index contributed by atoms with van der Waals surface area (Å²) in [6.45, 7) is 20.1. The van der Waals surface area contributed by atoms with Crippen molar-refractivity contribution in [3.63, 3.8) is 0 Å². The van der Waals surface area contributed by atoms with Gasteiger partial charge in [0.25, 0.3) is 20.1 Å². The fourth-order valence-corrected chi connectivity index (χ4v) is 18.3. The standard InChI is InChI=1S/C32H44FN2O7PSi.C23H24FN2O7P/c1-9-40-43(38,41-10-2)19-39-29-25-12-11-17-34-28(25)30(42-44(20(3)4,21(5)6)22(7)8)27-26(29)31(36)35(32(27)37)18-23-13-15-24(33)16-14-23;1-3-32-34(30,33-4-2)13-31-21-16-6-5-11-25-19(16)20(27)17-18(21)23(29)26(22(17)28)12-14-7-9-15(24)10-8-14/h11-17,20-22,31,36H,9-10,18-19H2,1-8H3;5-11,23,27,29H,3-4,12-13H2,1-2H3. The topological polar surface area (TPSA) is 226 Å². The molecule has 18 nitrogen and oxygen atoms in total. The van der Waals surface area contributed by atoms with E-state index < -0.39 is 77.9 Å². The van der Waals surface area contributed by atoms with E-state index in [1.165, 1.54) is 47.5 Å². The van der Waals surface area contributed by atoms with Gasteiger partial charge < -0.3 is 57.1 Å². The number of pyridine rings is 2. The number of carbonyl (C=O) groups is 2. The zero-order valence-corrected chi connectivity index (χ0v) is 48.2. The maximum absolute atomic E-state index is 14.3. The van der Waals surface area contributed by atoms with Crippen molar-refractivity contribution in [3.05, 3.63) is 130 Å². The maximum Gasteiger partial charge on any atom is 0.367 e. The molecule has 0 saturated heterocycles. The number of carbonyl (C=O) groups excluding carboxylic acids is 2. The number of nitrogens with zero attached hydrogens (tertiary/aromatic N) is 4. The predicted molar refractivity (Wildman–Crippen MR) is 292 cm³/mol. The lowest BCUT2D eigenvalue weighted by Gasteiger charge is -2.42. The van der Waals surface area contributed by atoms with Crippen molar-refractivity contribution in [2.75, 3.05) is 39.1 Å². The normalized spacial score (nSPS) is 15.7. The molecule has 2 amide bonds. The molecule has 4 aromatic carbocycles. The van der Waals surface area contributed by atoms with Gasteiger partial charge in [0.05, 0.1) is 48.7 Å². The van der Waals surface area contributed by atoms with Crippen molar-refractivity contribution < 1.29 is 74.8 Å². The largest absolute Gasteiger partial charge is 0.541 e. The van der Waals surface area contributed by atoms with Gasteiger partial charge >= 0.3 is 15.2 Å². The minimum atomic E-state index is -3.66. The molecule has 2 atom stereocenters. The van der Waals surface area contributed by atoms with Gasteiger partial charge in [-0.25, -0.2) is 8.78 Å². The van der Waals surface area contributed by atoms with Crippen LogP contribution in [0, 0.1) is 11.6 Å². The smallest absolute Gasteiger partial charge is 0.367 e. The second-order valence-electron chi connectivity index (χ2n) is 19.4. The molecular weight excluding hydrogens is 1070 g/mol. The third kappa shape index (κ3) is 12.0. The zero-order chi connectivity index (χ0) is 56.9. The number of hydrogen-bond acceptors (Lipinski definition) is 16. The fraction of sp³-hybridized carbons (Fsp3) is 0.418. The summed E-state index contributed by atoms with van der Waals surface area (Å²) in [7, 11) is -9.92. The molecule has 2 aliphatic rings. The lowest BCUT2D eigenvalue weighted by molar-refractivity contribution is 0.0120. The molecule has 6 aromatic rings. The van der Waals surface area contributed by atoms with E-state index in [1.54, 1.807) is 70.3 Å². The molecule has 2 aromatic heterocycles. The van der Waals surface area contributed by atoms with Crippen LogP contribution in [-0.2, 0) is 40.3 Å². The molecule has 2 aliphatic heterocycles. The van der Waals surface area contributed by atoms with E-state index in [9.17, 15) is 42.8 Å². The van der Waals surface area contributed by atoms with Crippen LogP contribution in [0.2, 0.25) is 16.6 Å². The molecule has 3 N–H and O–H groups in total. The summed E-state index contributed by atoms with van der Waals surface area (Å²) >= 11 is 0. The van der Waals surface area contributed by atoms with E-state index in [2.05, 4.69) is 51.5 Å². The van der Waals surface area contributed by atoms with Gasteiger partial charge in [-0.3, -0.25) is 28.7 Å². The Morgan fingerprint density at radius 1 is 0.577 bits per heavy atom. The second-order valence-corrected chi connectivity index (χ2v) is 28.8. The number of aliphatic hydroxyl groups excluding tert-OH is 2. The first-order valence-corrected chi connectivity index (χ1v) is 31.5. The number of rotatable bonds is 23. The summed E-state index contributed by atoms with van der Waals surface area (Å²) in [6.07, 6.45) is -0.781. The van der Waals surface area contributed by atoms with Crippen LogP contribution in [-0.4, -0.2) is 94.3 Å². The first-order valence-electron chi connectivity index (χ1n) is 25.9. The average molecular weight is 1140 g/mol. The second kappa shape index (κ2) is 25.1. The molecule has 2 unspecified atom stereocenters. The molecular formula is C55H68F2N4O14P2Si. The summed E-state index contributed by atoms with van der Waals surface area (Å²) in [5, 5.41) is 34.6. The quantitative estimate of drug-likeness (QED) is 0.0400. The molecule has 0 saturated carbocycles. The van der Waals surface area contributed by atoms with Crippen molar-refractivity contribution in [2.24, 2.45) is 0 Å². The van der Waals surface area contributed by atoms with E-state index in [1.807, 2.05) is 0 Å². The Morgan fingerprint density at radius 2 is 0.949 bits per heavy atom. The van der Waals surface area contributed by atoms with Gasteiger partial charge in [0.15, 0.2) is 30.9 Å². The van der Waals surface area contributed by atoms with Crippen molar-refractivity contribution in [3.8, 4) is 23.0 Å². The SMILES string of the molecule is CCOP(=O)(COc1c2c(c(O)c3ncccc13)C(=O)N(Cc1ccc(F)cc1)C2O)OCC.CCOP(=O)(COc1c2c(c(O[Si](C(C)C)(C(C)C)C(C)C)c3ncccc13)C(=O)N(Cc1ccc(F)cc1)C2O)OCC. The van der Waals surface area contributed by atoms with Crippen LogP contribution in [0.25, 0.3) is 21.8 Å². The van der Waals surface area contributed by atoms with Crippen LogP contribution < -0.4 is 13.9 Å². The number of phenols is 1. The number of hydrogen-bond donors (Lipinski definition) is 3. The third-order valence-corrected chi connectivity index (χ3v) is 23.1. The average Bonchev–Trinajstić information content (AvgIpc) is 4.02. The first kappa shape index (κ1) is 59.8. The van der Waals surface area contributed by atoms with E-state index in [-0.39, 0.29) is 95.4 Å². The summed E-state index contributed by atoms with van der Waals surface area (Å²) in [4.78, 5) is 38.8. The summed E-state index contributed by atoms with van der Waals surface area (Å²) in [6, 6.07) is 18.0. The Bertz CT molecular complexity index is 3180. The molecule has 420 valence electrons. The maximum atomic E-state index is 14.3. The lowest BCUT2D eigenvalue weighted by Crippen LogP contribution is -2.51. The van der Waals surface area contributed by atoms with Crippen LogP contribution in [0.15, 0.2) is 85.2 Å². The number of benzene rings is 4. The Labute approximate surface area is 453 Å². The number of halogens is 2. The highest BCUT2D eigenvalue weighted by molar-refractivity contribution is 7.53. The van der Waals surface area contributed by atoms with Gasteiger partial charge in [-0.2, -0.15) is 0 Å². The van der Waals surface area contributed by atoms with Crippen LogP contribution >= 0.6 is 15.2 Å². The fourth-order valence-electron chi connectivity index (χ4n) is 10.4. The Morgan fingerprint density at radius 3 is 1.35 bits per heavy atom. The molecule has 4 heterocycles. The predicted octanol–water partition coefficient (Wildman–Crippen LogP) is 12.5. The van der Waals surface area contributed by atoms with Gasteiger partial charge in [-0.1, -0.05) is 65.8 Å². The van der Waals surface area contributed by atoms with Crippen LogP contribution in [0.5, 0.6) is 23.0 Å². The minimum Gasteiger partial charge on any atom is -0.541 e. The molecule has 23 heteroatoms. The van der Waals surface area contributed by atoms with Gasteiger partial charge in [0, 0.05) is 36.3 Å². The number of phenolic OH excluding ortho intramolecular Hbond substituents is 1. The highest BCUT2D eigenvalue weighted by Gasteiger charge is 2.51. The van der Waals surface area contributed by atoms with E-state index in [0.717, 1.165) is 4.90 Å². The molecule has 78 heavy (non-hydrogen) atoms. The molecule has 0 radical (unpaired) electrons. The van der Waals surface area contributed by atoms with Gasteiger partial charge in [0.1, 0.15) is 39.9 Å². The number of fused-ring (bicyclic) bond motifs is 4. The molecule has 8 rings (SSSR count). The van der Waals surface area contributed by atoms with Gasteiger partial charge in [-0.05, 0) is 104 Å². The van der Waals surface area contributed by atoms with E-state index in [0.29, 0.717) is 33.2 Å². The highest BCUT2D eigenvalue weighted by atomic mass is 31.2. The zero-order valence-electron chi connectivity index (χ0n) is 45.4. The number of aliphatic hydroxyl groups is 2. The lowest BCUT2D eigenvalue weighted by atomic mass is 10.0. The van der Waals surface area contributed by atoms with Crippen molar-refractivity contribution in [2.45, 2.75) is 111 Å². The molecule has 0 spiro atoms. The monoisotopic (exact) mass is 1140 g/mol. The summed E-state index contributed by atoms with van der Waals surface area (Å²) in [5.74, 6) is -1.85. The molecule has 0 bridgehead atoms. The van der Waals surface area contributed by atoms with Gasteiger partial charge in [-0.15, -0.1) is 0 Å². The van der Waals surface area contributed by atoms with Crippen LogP contribution in [0.1, 0.15) is 125 Å². The van der Waals surface area contributed by atoms with Crippen LogP contribution in [0.3, 0.4) is 0 Å². The number of aromatic hydroxyl groups is 1. The van der Waals surface area contributed by atoms with Crippen molar-refractivity contribution in [1.29, 1.82) is 0 Å². The molecule has 0 aliphatic carbocycles.